The number of hydrogen-bond acceptors (Lipinski definition) is 1. The van der Waals surface area contributed by atoms with Gasteiger partial charge in [-0.25, -0.2) is 0 Å². The smallest absolute Gasteiger partial charge is 0.0340 e. The average Bonchev–Trinajstić information content (AvgIpc) is 2.70. The Morgan fingerprint density at radius 3 is 1.64 bits per heavy atom. The number of hydrogen-bond donors (Lipinski definition) is 1. The van der Waals surface area contributed by atoms with E-state index in [-0.39, 0.29) is 13.1 Å². The molecule has 22 heavy (non-hydrogen) atoms. The molecule has 1 fully saturated rings. The Balaban J connectivity index is 3.06. The van der Waals surface area contributed by atoms with E-state index < -0.39 is 8.15 Å². The second-order valence-electron chi connectivity index (χ2n) is 10.1. The largest absolute Gasteiger partial charge is 0.373 e. The lowest BCUT2D eigenvalue weighted by Crippen LogP contribution is -2.36. The van der Waals surface area contributed by atoms with Gasteiger partial charge in [-0.15, -0.1) is 0 Å². The molecule has 0 aromatic rings. The molecule has 0 bridgehead atoms. The van der Waals surface area contributed by atoms with Gasteiger partial charge in [0.2, 0.25) is 0 Å². The Hall–Kier alpha value is 0.820. The minimum atomic E-state index is -0.881. The van der Waals surface area contributed by atoms with Crippen LogP contribution in [0, 0.1) is 5.92 Å². The lowest BCUT2D eigenvalue weighted by atomic mass is 10.0. The molecule has 1 saturated carbocycles. The second-order valence-corrected chi connectivity index (χ2v) is 17.1. The van der Waals surface area contributed by atoms with Crippen molar-refractivity contribution in [2.75, 3.05) is 0 Å². The Morgan fingerprint density at radius 1 is 0.818 bits per heavy atom. The summed E-state index contributed by atoms with van der Waals surface area (Å²) in [5, 5.41) is 0.814. The van der Waals surface area contributed by atoms with Gasteiger partial charge < -0.3 is 4.89 Å². The molecule has 3 heteroatoms. The van der Waals surface area contributed by atoms with Gasteiger partial charge in [0.05, 0.1) is 0 Å². The molecule has 1 rings (SSSR count). The molecule has 132 valence electrons. The van der Waals surface area contributed by atoms with Crippen LogP contribution in [0.2, 0.25) is 0 Å². The van der Waals surface area contributed by atoms with Crippen LogP contribution in [0.1, 0.15) is 88.5 Å². The third-order valence-corrected chi connectivity index (χ3v) is 11.7. The third-order valence-electron chi connectivity index (χ3n) is 5.01. The van der Waals surface area contributed by atoms with Gasteiger partial charge in [0, 0.05) is 19.0 Å². The molecule has 0 spiro atoms. The highest BCUT2D eigenvalue weighted by Crippen LogP contribution is 2.68. The fourth-order valence-corrected chi connectivity index (χ4v) is 12.3. The molecule has 4 atom stereocenters. The molecule has 1 N–H and O–H groups in total. The highest BCUT2D eigenvalue weighted by molar-refractivity contribution is 7.61. The molecule has 0 aromatic carbocycles. The van der Waals surface area contributed by atoms with Crippen molar-refractivity contribution in [1.82, 2.24) is 0 Å². The summed E-state index contributed by atoms with van der Waals surface area (Å²) in [7, 11) is -0.984. The fraction of sp³-hybridized carbons (Fsp3) is 1.00. The maximum Gasteiger partial charge on any atom is 0.0340 e. The van der Waals surface area contributed by atoms with Crippen LogP contribution in [-0.2, 0) is 0 Å². The molecule has 1 aliphatic carbocycles. The first-order valence-electron chi connectivity index (χ1n) is 8.95. The van der Waals surface area contributed by atoms with Crippen molar-refractivity contribution in [3.05, 3.63) is 0 Å². The van der Waals surface area contributed by atoms with Crippen molar-refractivity contribution < 1.29 is 4.89 Å². The first-order chi connectivity index (χ1) is 9.67. The van der Waals surface area contributed by atoms with E-state index in [0.29, 0.717) is 16.0 Å². The molecular weight excluding hydrogens is 306 g/mol. The van der Waals surface area contributed by atoms with Crippen LogP contribution >= 0.6 is 16.1 Å². The zero-order valence-corrected chi connectivity index (χ0v) is 18.5. The summed E-state index contributed by atoms with van der Waals surface area (Å²) in [4.78, 5) is 11.0. The standard InChI is InChI=1S/C19H40OP2/c1-14(21(17(2,3)4)18(5,6)7)15-12-11-13-16(15)22(20)19(8,9)10/h14-16,20H,11-13H2,1-10H3/t14-,15?,16?,22?/m0/s1. The third kappa shape index (κ3) is 4.91. The van der Waals surface area contributed by atoms with E-state index in [9.17, 15) is 4.89 Å². The quantitative estimate of drug-likeness (QED) is 0.556. The van der Waals surface area contributed by atoms with Crippen molar-refractivity contribution >= 4 is 16.1 Å². The van der Waals surface area contributed by atoms with E-state index >= 15 is 0 Å². The van der Waals surface area contributed by atoms with E-state index in [1.54, 1.807) is 0 Å². The maximum atomic E-state index is 11.0. The minimum Gasteiger partial charge on any atom is -0.373 e. The maximum absolute atomic E-state index is 11.0. The number of rotatable bonds is 3. The van der Waals surface area contributed by atoms with Crippen LogP contribution in [0.3, 0.4) is 0 Å². The van der Waals surface area contributed by atoms with Gasteiger partial charge in [0.25, 0.3) is 0 Å². The Kier molecular flexibility index (Phi) is 6.62. The van der Waals surface area contributed by atoms with E-state index in [2.05, 4.69) is 69.2 Å². The van der Waals surface area contributed by atoms with Crippen LogP contribution < -0.4 is 0 Å². The van der Waals surface area contributed by atoms with Crippen LogP contribution in [0.25, 0.3) is 0 Å². The van der Waals surface area contributed by atoms with Crippen molar-refractivity contribution in [3.63, 3.8) is 0 Å². The van der Waals surface area contributed by atoms with Gasteiger partial charge in [0.15, 0.2) is 0 Å². The summed E-state index contributed by atoms with van der Waals surface area (Å²) in [5.74, 6) is 0.722. The van der Waals surface area contributed by atoms with Gasteiger partial charge >= 0.3 is 0 Å². The van der Waals surface area contributed by atoms with Crippen molar-refractivity contribution in [2.24, 2.45) is 5.92 Å². The van der Waals surface area contributed by atoms with E-state index in [4.69, 9.17) is 0 Å². The predicted octanol–water partition coefficient (Wildman–Crippen LogP) is 6.81. The Labute approximate surface area is 142 Å². The first kappa shape index (κ1) is 20.9. The molecule has 0 amide bonds. The zero-order chi connectivity index (χ0) is 17.5. The molecule has 1 aliphatic rings. The summed E-state index contributed by atoms with van der Waals surface area (Å²) in [5.41, 5.74) is 1.29. The normalized spacial score (nSPS) is 27.3. The molecular formula is C19H40OP2. The van der Waals surface area contributed by atoms with Crippen LogP contribution in [0.5, 0.6) is 0 Å². The lowest BCUT2D eigenvalue weighted by molar-refractivity contribution is 0.483. The molecule has 1 nitrogen and oxygen atoms in total. The summed E-state index contributed by atoms with van der Waals surface area (Å²) < 4.78 is 0. The highest BCUT2D eigenvalue weighted by Gasteiger charge is 2.47. The SMILES string of the molecule is C[C@@H](C1CCCC1P(O)C(C)(C)C)P(C(C)(C)C)C(C)(C)C. The van der Waals surface area contributed by atoms with E-state index in [1.807, 2.05) is 0 Å². The Morgan fingerprint density at radius 2 is 1.27 bits per heavy atom. The molecule has 0 aliphatic heterocycles. The van der Waals surface area contributed by atoms with Gasteiger partial charge in [0.1, 0.15) is 0 Å². The molecule has 3 unspecified atom stereocenters. The van der Waals surface area contributed by atoms with Gasteiger partial charge in [-0.3, -0.25) is 0 Å². The molecule has 0 saturated heterocycles. The van der Waals surface area contributed by atoms with Crippen LogP contribution in [0.4, 0.5) is 0 Å². The van der Waals surface area contributed by atoms with Gasteiger partial charge in [-0.1, -0.05) is 83.6 Å². The van der Waals surface area contributed by atoms with Crippen LogP contribution in [0.15, 0.2) is 0 Å². The van der Waals surface area contributed by atoms with Crippen molar-refractivity contribution in [3.8, 4) is 0 Å². The monoisotopic (exact) mass is 346 g/mol. The fourth-order valence-electron chi connectivity index (χ4n) is 4.75. The van der Waals surface area contributed by atoms with E-state index in [0.717, 1.165) is 11.6 Å². The second kappa shape index (κ2) is 6.98. The molecule has 0 radical (unpaired) electrons. The predicted molar refractivity (Wildman–Crippen MR) is 106 cm³/mol. The summed E-state index contributed by atoms with van der Waals surface area (Å²) in [6.45, 7) is 23.7. The Bertz CT molecular complexity index is 345. The van der Waals surface area contributed by atoms with Crippen molar-refractivity contribution in [1.29, 1.82) is 0 Å². The molecule has 0 heterocycles. The van der Waals surface area contributed by atoms with Crippen LogP contribution in [-0.4, -0.2) is 31.7 Å². The van der Waals surface area contributed by atoms with Crippen molar-refractivity contribution in [2.45, 2.75) is 115 Å². The molecule has 0 aromatic heterocycles. The topological polar surface area (TPSA) is 20.2 Å². The average molecular weight is 346 g/mol. The highest BCUT2D eigenvalue weighted by atomic mass is 31.1. The summed E-state index contributed by atoms with van der Waals surface area (Å²) in [6, 6.07) is 0. The zero-order valence-electron chi connectivity index (χ0n) is 16.7. The lowest BCUT2D eigenvalue weighted by Gasteiger charge is -2.49. The summed E-state index contributed by atoms with van der Waals surface area (Å²) in [6.07, 6.45) is 3.88. The first-order valence-corrected chi connectivity index (χ1v) is 11.7. The van der Waals surface area contributed by atoms with Gasteiger partial charge in [-0.2, -0.15) is 0 Å². The van der Waals surface area contributed by atoms with E-state index in [1.165, 1.54) is 19.3 Å². The summed E-state index contributed by atoms with van der Waals surface area (Å²) >= 11 is 0. The minimum absolute atomic E-state index is 0.0640. The van der Waals surface area contributed by atoms with Gasteiger partial charge in [-0.05, 0) is 34.7 Å².